The van der Waals surface area contributed by atoms with Crippen molar-refractivity contribution in [3.05, 3.63) is 70.5 Å². The summed E-state index contributed by atoms with van der Waals surface area (Å²) in [6.07, 6.45) is 1.73. The zero-order valence-corrected chi connectivity index (χ0v) is 12.1. The number of aliphatic hydroxyl groups is 1. The monoisotopic (exact) mass is 285 g/mol. The lowest BCUT2D eigenvalue weighted by atomic mass is 10.0. The fraction of sp³-hybridized carbons (Fsp3) is 0.333. The SMILES string of the molecule is CC(NC1CCc2c(F)cccc21)c1cccc(CO)c1. The van der Waals surface area contributed by atoms with Crippen molar-refractivity contribution >= 4 is 0 Å². The van der Waals surface area contributed by atoms with E-state index >= 15 is 0 Å². The Morgan fingerprint density at radius 1 is 1.29 bits per heavy atom. The fourth-order valence-electron chi connectivity index (χ4n) is 3.14. The van der Waals surface area contributed by atoms with E-state index in [0.717, 1.165) is 35.1 Å². The first kappa shape index (κ1) is 14.2. The summed E-state index contributed by atoms with van der Waals surface area (Å²) in [7, 11) is 0. The summed E-state index contributed by atoms with van der Waals surface area (Å²) >= 11 is 0. The van der Waals surface area contributed by atoms with Crippen LogP contribution in [0.2, 0.25) is 0 Å². The summed E-state index contributed by atoms with van der Waals surface area (Å²) in [5.41, 5.74) is 4.00. The molecule has 2 aromatic rings. The Labute approximate surface area is 124 Å². The molecule has 0 saturated carbocycles. The highest BCUT2D eigenvalue weighted by Gasteiger charge is 2.25. The van der Waals surface area contributed by atoms with Gasteiger partial charge in [0.1, 0.15) is 5.82 Å². The molecular formula is C18H20FNO. The maximum Gasteiger partial charge on any atom is 0.126 e. The van der Waals surface area contributed by atoms with Gasteiger partial charge in [0.2, 0.25) is 0 Å². The Balaban J connectivity index is 1.77. The average Bonchev–Trinajstić information content (AvgIpc) is 2.92. The molecule has 0 spiro atoms. The van der Waals surface area contributed by atoms with E-state index in [1.165, 1.54) is 6.07 Å². The number of hydrogen-bond donors (Lipinski definition) is 2. The van der Waals surface area contributed by atoms with Gasteiger partial charge in [0.05, 0.1) is 6.61 Å². The molecule has 0 saturated heterocycles. The molecule has 0 fully saturated rings. The molecule has 0 heterocycles. The maximum absolute atomic E-state index is 13.8. The lowest BCUT2D eigenvalue weighted by molar-refractivity contribution is 0.281. The van der Waals surface area contributed by atoms with E-state index < -0.39 is 0 Å². The Morgan fingerprint density at radius 2 is 2.10 bits per heavy atom. The molecule has 2 N–H and O–H groups in total. The van der Waals surface area contributed by atoms with Crippen LogP contribution in [0.3, 0.4) is 0 Å². The second-order valence-electron chi connectivity index (χ2n) is 5.69. The number of fused-ring (bicyclic) bond motifs is 1. The van der Waals surface area contributed by atoms with Crippen molar-refractivity contribution in [3.8, 4) is 0 Å². The molecule has 0 bridgehead atoms. The van der Waals surface area contributed by atoms with Gasteiger partial charge in [-0.1, -0.05) is 36.4 Å². The van der Waals surface area contributed by atoms with Gasteiger partial charge in [-0.3, -0.25) is 0 Å². The molecule has 21 heavy (non-hydrogen) atoms. The van der Waals surface area contributed by atoms with Gasteiger partial charge >= 0.3 is 0 Å². The molecule has 0 aromatic heterocycles. The number of benzene rings is 2. The summed E-state index contributed by atoms with van der Waals surface area (Å²) < 4.78 is 13.8. The number of rotatable bonds is 4. The summed E-state index contributed by atoms with van der Waals surface area (Å²) in [5, 5.41) is 12.8. The minimum atomic E-state index is -0.0910. The van der Waals surface area contributed by atoms with Crippen LogP contribution in [-0.2, 0) is 13.0 Å². The van der Waals surface area contributed by atoms with Crippen LogP contribution < -0.4 is 5.32 Å². The molecule has 2 nitrogen and oxygen atoms in total. The molecule has 110 valence electrons. The van der Waals surface area contributed by atoms with Crippen LogP contribution in [0.4, 0.5) is 4.39 Å². The average molecular weight is 285 g/mol. The van der Waals surface area contributed by atoms with Crippen LogP contribution >= 0.6 is 0 Å². The van der Waals surface area contributed by atoms with E-state index in [9.17, 15) is 9.50 Å². The van der Waals surface area contributed by atoms with Gasteiger partial charge in [-0.2, -0.15) is 0 Å². The standard InChI is InChI=1S/C18H20FNO/c1-12(14-5-2-4-13(10-14)11-21)20-18-9-8-15-16(18)6-3-7-17(15)19/h2-7,10,12,18,20-21H,8-9,11H2,1H3. The van der Waals surface area contributed by atoms with Crippen molar-refractivity contribution in [1.29, 1.82) is 0 Å². The van der Waals surface area contributed by atoms with Gasteiger partial charge < -0.3 is 10.4 Å². The topological polar surface area (TPSA) is 32.3 Å². The molecule has 3 heteroatoms. The normalized spacial score (nSPS) is 18.5. The smallest absolute Gasteiger partial charge is 0.126 e. The Morgan fingerprint density at radius 3 is 2.90 bits per heavy atom. The summed E-state index contributed by atoms with van der Waals surface area (Å²) in [5.74, 6) is -0.0910. The quantitative estimate of drug-likeness (QED) is 0.898. The molecular weight excluding hydrogens is 265 g/mol. The van der Waals surface area contributed by atoms with E-state index in [0.29, 0.717) is 0 Å². The molecule has 1 aliphatic carbocycles. The van der Waals surface area contributed by atoms with Gasteiger partial charge in [0.15, 0.2) is 0 Å². The van der Waals surface area contributed by atoms with Crippen molar-refractivity contribution in [2.45, 2.75) is 38.5 Å². The predicted octanol–water partition coefficient (Wildman–Crippen LogP) is 3.66. The lowest BCUT2D eigenvalue weighted by Crippen LogP contribution is -2.23. The van der Waals surface area contributed by atoms with Gasteiger partial charge in [-0.05, 0) is 48.1 Å². The van der Waals surface area contributed by atoms with Crippen LogP contribution in [-0.4, -0.2) is 5.11 Å². The minimum Gasteiger partial charge on any atom is -0.392 e. The first-order valence-electron chi connectivity index (χ1n) is 7.42. The fourth-order valence-corrected chi connectivity index (χ4v) is 3.14. The Hall–Kier alpha value is -1.71. The first-order chi connectivity index (χ1) is 10.2. The number of nitrogens with one attached hydrogen (secondary N) is 1. The predicted molar refractivity (Wildman–Crippen MR) is 81.4 cm³/mol. The number of halogens is 1. The van der Waals surface area contributed by atoms with Crippen molar-refractivity contribution in [2.75, 3.05) is 0 Å². The lowest BCUT2D eigenvalue weighted by Gasteiger charge is -2.21. The maximum atomic E-state index is 13.8. The minimum absolute atomic E-state index is 0.0536. The first-order valence-corrected chi connectivity index (χ1v) is 7.42. The van der Waals surface area contributed by atoms with E-state index in [1.807, 2.05) is 24.3 Å². The van der Waals surface area contributed by atoms with Crippen LogP contribution in [0.1, 0.15) is 47.7 Å². The van der Waals surface area contributed by atoms with Gasteiger partial charge in [-0.15, -0.1) is 0 Å². The highest BCUT2D eigenvalue weighted by Crippen LogP contribution is 2.34. The highest BCUT2D eigenvalue weighted by atomic mass is 19.1. The van der Waals surface area contributed by atoms with E-state index in [4.69, 9.17) is 0 Å². The molecule has 0 radical (unpaired) electrons. The molecule has 0 aliphatic heterocycles. The zero-order valence-electron chi connectivity index (χ0n) is 12.1. The van der Waals surface area contributed by atoms with Crippen molar-refractivity contribution in [1.82, 2.24) is 5.32 Å². The second kappa shape index (κ2) is 5.96. The number of hydrogen-bond acceptors (Lipinski definition) is 2. The van der Waals surface area contributed by atoms with Crippen LogP contribution in [0, 0.1) is 5.82 Å². The van der Waals surface area contributed by atoms with Crippen LogP contribution in [0.15, 0.2) is 42.5 Å². The molecule has 2 atom stereocenters. The second-order valence-corrected chi connectivity index (χ2v) is 5.69. The summed E-state index contributed by atoms with van der Waals surface area (Å²) in [6.45, 7) is 2.16. The molecule has 2 aromatic carbocycles. The number of aliphatic hydroxyl groups excluding tert-OH is 1. The van der Waals surface area contributed by atoms with Gasteiger partial charge in [-0.25, -0.2) is 4.39 Å². The van der Waals surface area contributed by atoms with Crippen molar-refractivity contribution in [3.63, 3.8) is 0 Å². The summed E-state index contributed by atoms with van der Waals surface area (Å²) in [6, 6.07) is 13.6. The van der Waals surface area contributed by atoms with E-state index in [1.54, 1.807) is 6.07 Å². The largest absolute Gasteiger partial charge is 0.392 e. The molecule has 2 unspecified atom stereocenters. The van der Waals surface area contributed by atoms with Gasteiger partial charge in [0.25, 0.3) is 0 Å². The third-order valence-corrected chi connectivity index (χ3v) is 4.30. The van der Waals surface area contributed by atoms with Crippen molar-refractivity contribution < 1.29 is 9.50 Å². The zero-order chi connectivity index (χ0) is 14.8. The third kappa shape index (κ3) is 2.85. The molecule has 0 amide bonds. The van der Waals surface area contributed by atoms with Crippen LogP contribution in [0.25, 0.3) is 0 Å². The molecule has 3 rings (SSSR count). The summed E-state index contributed by atoms with van der Waals surface area (Å²) in [4.78, 5) is 0. The van der Waals surface area contributed by atoms with E-state index in [-0.39, 0.29) is 24.5 Å². The highest BCUT2D eigenvalue weighted by molar-refractivity contribution is 5.36. The van der Waals surface area contributed by atoms with Crippen molar-refractivity contribution in [2.24, 2.45) is 0 Å². The van der Waals surface area contributed by atoms with Crippen LogP contribution in [0.5, 0.6) is 0 Å². The molecule has 1 aliphatic rings. The Kier molecular flexibility index (Phi) is 4.04. The third-order valence-electron chi connectivity index (χ3n) is 4.30. The van der Waals surface area contributed by atoms with E-state index in [2.05, 4.69) is 18.3 Å². The Bertz CT molecular complexity index is 641. The van der Waals surface area contributed by atoms with Gasteiger partial charge in [0, 0.05) is 12.1 Å².